The van der Waals surface area contributed by atoms with Crippen LogP contribution in [0.1, 0.15) is 36.5 Å². The Hall–Kier alpha value is -3.33. The number of para-hydroxylation sites is 1. The Morgan fingerprint density at radius 1 is 0.944 bits per heavy atom. The number of allylic oxidation sites excluding steroid dienone is 1. The molecule has 0 bridgehead atoms. The molecular weight excluding hydrogens is 621 g/mol. The number of nitrogens with zero attached hydrogens (tertiary/aromatic N) is 2. The first-order valence-corrected chi connectivity index (χ1v) is 12.1. The molecule has 1 aliphatic rings. The summed E-state index contributed by atoms with van der Waals surface area (Å²) in [6, 6.07) is 28.9. The van der Waals surface area contributed by atoms with E-state index < -0.39 is 0 Å². The summed E-state index contributed by atoms with van der Waals surface area (Å²) in [4.78, 5) is 8.88. The number of fused-ring (bicyclic) bond motifs is 3. The maximum absolute atomic E-state index is 6.07. The van der Waals surface area contributed by atoms with E-state index in [2.05, 4.69) is 73.2 Å². The standard InChI is InChI=1S/C19H16NO.C13H12N.Ir/c1-2-13-10-11-20-17(12-13)16-8-5-7-15-14-6-3-4-9-18(14)21-19(15)16;1-10-4-3-5-12(8-10)13-9-11(2)6-7-14-13;/h3-7,9-11,13H,2,12H2,1H3;3-4,6-9H,1-2H3;/q2*-1;. The first-order valence-electron chi connectivity index (χ1n) is 12.1. The quantitative estimate of drug-likeness (QED) is 0.185. The average molecular weight is 649 g/mol. The third-order valence-electron chi connectivity index (χ3n) is 6.34. The Bertz CT molecular complexity index is 1500. The number of aryl methyl sites for hydroxylation is 2. The molecule has 0 fully saturated rings. The van der Waals surface area contributed by atoms with Gasteiger partial charge in [-0.3, -0.25) is 0 Å². The van der Waals surface area contributed by atoms with Crippen LogP contribution in [0.4, 0.5) is 0 Å². The number of rotatable bonds is 3. The van der Waals surface area contributed by atoms with Gasteiger partial charge in [0.15, 0.2) is 0 Å². The van der Waals surface area contributed by atoms with Crippen molar-refractivity contribution in [2.24, 2.45) is 10.9 Å². The number of aromatic nitrogens is 1. The van der Waals surface area contributed by atoms with Crippen molar-refractivity contribution in [3.8, 4) is 11.3 Å². The number of furan rings is 1. The van der Waals surface area contributed by atoms with Crippen LogP contribution < -0.4 is 0 Å². The Kier molecular flexibility index (Phi) is 8.30. The molecule has 36 heavy (non-hydrogen) atoms. The van der Waals surface area contributed by atoms with Crippen molar-refractivity contribution in [1.82, 2.24) is 4.98 Å². The largest absolute Gasteiger partial charge is 0.501 e. The predicted octanol–water partition coefficient (Wildman–Crippen LogP) is 8.28. The molecule has 0 aliphatic carbocycles. The number of benzene rings is 3. The van der Waals surface area contributed by atoms with E-state index in [1.165, 1.54) is 11.1 Å². The van der Waals surface area contributed by atoms with Crippen LogP contribution in [0.25, 0.3) is 33.2 Å². The summed E-state index contributed by atoms with van der Waals surface area (Å²) in [5.74, 6) is 0.561. The topological polar surface area (TPSA) is 38.4 Å². The zero-order chi connectivity index (χ0) is 24.2. The first kappa shape index (κ1) is 25.8. The van der Waals surface area contributed by atoms with Crippen molar-refractivity contribution in [2.45, 2.75) is 33.6 Å². The van der Waals surface area contributed by atoms with Gasteiger partial charge in [-0.05, 0) is 42.8 Å². The molecule has 0 amide bonds. The molecule has 1 unspecified atom stereocenters. The Balaban J connectivity index is 0.000000178. The van der Waals surface area contributed by atoms with E-state index in [1.807, 2.05) is 54.9 Å². The van der Waals surface area contributed by atoms with Crippen molar-refractivity contribution in [1.29, 1.82) is 0 Å². The molecular formula is C32H28IrN2O-2. The van der Waals surface area contributed by atoms with Gasteiger partial charge in [-0.25, -0.2) is 0 Å². The van der Waals surface area contributed by atoms with Gasteiger partial charge < -0.3 is 14.4 Å². The molecule has 4 heteroatoms. The number of hydrogen-bond acceptors (Lipinski definition) is 3. The minimum atomic E-state index is 0. The molecule has 5 aromatic rings. The second kappa shape index (κ2) is 11.6. The van der Waals surface area contributed by atoms with Gasteiger partial charge in [-0.15, -0.1) is 53.6 Å². The molecule has 1 atom stereocenters. The molecule has 3 heterocycles. The summed E-state index contributed by atoms with van der Waals surface area (Å²) in [6.07, 6.45) is 8.02. The number of hydrogen-bond donors (Lipinski definition) is 0. The zero-order valence-corrected chi connectivity index (χ0v) is 23.1. The van der Waals surface area contributed by atoms with Crippen LogP contribution in [0.15, 0.2) is 94.6 Å². The molecule has 183 valence electrons. The minimum Gasteiger partial charge on any atom is -0.501 e. The normalized spacial score (nSPS) is 14.6. The molecule has 1 aliphatic heterocycles. The van der Waals surface area contributed by atoms with Gasteiger partial charge in [-0.2, -0.15) is 0 Å². The minimum absolute atomic E-state index is 0. The summed E-state index contributed by atoms with van der Waals surface area (Å²) < 4.78 is 6.07. The van der Waals surface area contributed by atoms with E-state index >= 15 is 0 Å². The summed E-state index contributed by atoms with van der Waals surface area (Å²) in [5, 5.41) is 2.30. The third kappa shape index (κ3) is 5.56. The van der Waals surface area contributed by atoms with Crippen LogP contribution in [-0.4, -0.2) is 10.7 Å². The van der Waals surface area contributed by atoms with Gasteiger partial charge in [0.2, 0.25) is 0 Å². The van der Waals surface area contributed by atoms with Crippen molar-refractivity contribution < 1.29 is 24.5 Å². The first-order chi connectivity index (χ1) is 17.1. The molecule has 0 saturated carbocycles. The molecule has 0 spiro atoms. The fourth-order valence-electron chi connectivity index (χ4n) is 4.39. The van der Waals surface area contributed by atoms with E-state index in [4.69, 9.17) is 4.42 Å². The summed E-state index contributed by atoms with van der Waals surface area (Å²) >= 11 is 0. The van der Waals surface area contributed by atoms with E-state index in [1.54, 1.807) is 0 Å². The fourth-order valence-corrected chi connectivity index (χ4v) is 4.39. The molecule has 2 aromatic heterocycles. The molecule has 3 aromatic carbocycles. The molecule has 0 N–H and O–H groups in total. The van der Waals surface area contributed by atoms with Crippen LogP contribution in [0.3, 0.4) is 0 Å². The molecule has 0 saturated heterocycles. The summed E-state index contributed by atoms with van der Waals surface area (Å²) in [7, 11) is 0. The van der Waals surface area contributed by atoms with Crippen molar-refractivity contribution >= 4 is 27.7 Å². The zero-order valence-electron chi connectivity index (χ0n) is 20.7. The predicted molar refractivity (Wildman–Crippen MR) is 145 cm³/mol. The van der Waals surface area contributed by atoms with E-state index in [-0.39, 0.29) is 20.1 Å². The number of aliphatic imine (C=N–C) groups is 1. The molecule has 3 nitrogen and oxygen atoms in total. The number of pyridine rings is 1. The van der Waals surface area contributed by atoms with Crippen molar-refractivity contribution in [2.75, 3.05) is 0 Å². The monoisotopic (exact) mass is 649 g/mol. The Morgan fingerprint density at radius 3 is 2.56 bits per heavy atom. The van der Waals surface area contributed by atoms with Crippen LogP contribution in [0.5, 0.6) is 0 Å². The van der Waals surface area contributed by atoms with Crippen LogP contribution in [0, 0.1) is 31.9 Å². The average Bonchev–Trinajstić information content (AvgIpc) is 3.28. The SMILES string of the molecule is CCC1C=CN=C(c2[c-]ccc3c2oc2ccccc23)C1.Cc1cc[c-]c(-c2cc(C)ccn2)c1.[Ir]. The van der Waals surface area contributed by atoms with Crippen LogP contribution >= 0.6 is 0 Å². The van der Waals surface area contributed by atoms with Gasteiger partial charge in [-0.1, -0.05) is 67.1 Å². The maximum Gasteiger partial charge on any atom is 0.120 e. The second-order valence-electron chi connectivity index (χ2n) is 8.98. The molecule has 6 rings (SSSR count). The van der Waals surface area contributed by atoms with Crippen molar-refractivity contribution in [3.05, 3.63) is 114 Å². The van der Waals surface area contributed by atoms with Crippen molar-refractivity contribution in [3.63, 3.8) is 0 Å². The maximum atomic E-state index is 6.07. The fraction of sp³-hybridized carbons (Fsp3) is 0.188. The smallest absolute Gasteiger partial charge is 0.120 e. The van der Waals surface area contributed by atoms with Gasteiger partial charge in [0.05, 0.1) is 5.58 Å². The third-order valence-corrected chi connectivity index (χ3v) is 6.34. The Morgan fingerprint density at radius 2 is 1.75 bits per heavy atom. The van der Waals surface area contributed by atoms with Gasteiger partial charge >= 0.3 is 0 Å². The second-order valence-corrected chi connectivity index (χ2v) is 8.98. The van der Waals surface area contributed by atoms with Crippen LogP contribution in [-0.2, 0) is 20.1 Å². The summed E-state index contributed by atoms with van der Waals surface area (Å²) in [6.45, 7) is 6.36. The molecule has 1 radical (unpaired) electrons. The van der Waals surface area contributed by atoms with Crippen LogP contribution in [0.2, 0.25) is 0 Å². The van der Waals surface area contributed by atoms with Gasteiger partial charge in [0.1, 0.15) is 5.58 Å². The van der Waals surface area contributed by atoms with E-state index in [9.17, 15) is 0 Å². The van der Waals surface area contributed by atoms with E-state index in [0.717, 1.165) is 57.3 Å². The summed E-state index contributed by atoms with van der Waals surface area (Å²) in [5.41, 5.74) is 8.44. The Labute approximate surface area is 226 Å². The van der Waals surface area contributed by atoms with E-state index in [0.29, 0.717) is 5.92 Å². The van der Waals surface area contributed by atoms with Gasteiger partial charge in [0.25, 0.3) is 0 Å². The van der Waals surface area contributed by atoms with Gasteiger partial charge in [0, 0.05) is 37.9 Å².